The van der Waals surface area contributed by atoms with Crippen LogP contribution in [0.5, 0.6) is 0 Å². The second kappa shape index (κ2) is 3.26. The summed E-state index contributed by atoms with van der Waals surface area (Å²) in [7, 11) is -1.80. The number of hydrogen-bond donors (Lipinski definition) is 2. The number of rotatable bonds is 1. The van der Waals surface area contributed by atoms with Gasteiger partial charge in [0.05, 0.1) is 0 Å². The molecule has 0 heterocycles. The molecule has 0 bridgehead atoms. The Hall–Kier alpha value is -0.505. The van der Waals surface area contributed by atoms with Crippen LogP contribution < -0.4 is 5.46 Å². The first-order valence-electron chi connectivity index (χ1n) is 4.48. The highest BCUT2D eigenvalue weighted by Crippen LogP contribution is 2.07. The molecule has 0 aliphatic carbocycles. The molecule has 0 saturated carbocycles. The molecule has 1 aromatic carbocycles. The monoisotopic (exact) mass is 173 g/mol. The lowest BCUT2D eigenvalue weighted by atomic mass is 9.77. The Labute approximate surface area is 74.8 Å². The van der Waals surface area contributed by atoms with Crippen LogP contribution in [0.1, 0.15) is 9.68 Å². The molecule has 0 fully saturated rings. The zero-order valence-corrected chi connectivity index (χ0v) is 6.34. The Morgan fingerprint density at radius 2 is 2.27 bits per heavy atom. The minimum absolute atomic E-state index is 0.0469. The van der Waals surface area contributed by atoms with Gasteiger partial charge in [0.1, 0.15) is 0 Å². The topological polar surface area (TPSA) is 40.5 Å². The molecule has 0 saturated heterocycles. The molecule has 1 aromatic rings. The Morgan fingerprint density at radius 3 is 2.82 bits per heavy atom. The third-order valence-corrected chi connectivity index (χ3v) is 1.53. The molecule has 1 rings (SSSR count). The van der Waals surface area contributed by atoms with Gasteiger partial charge in [-0.05, 0) is 30.0 Å². The Morgan fingerprint density at radius 1 is 1.55 bits per heavy atom. The Balaban J connectivity index is 3.30. The van der Waals surface area contributed by atoms with E-state index in [4.69, 9.17) is 25.8 Å². The van der Waals surface area contributed by atoms with E-state index in [2.05, 4.69) is 0 Å². The van der Waals surface area contributed by atoms with E-state index in [1.807, 2.05) is 0 Å². The maximum Gasteiger partial charge on any atom is 0.488 e. The van der Waals surface area contributed by atoms with Crippen LogP contribution in [0.15, 0.2) is 18.2 Å². The van der Waals surface area contributed by atoms with Gasteiger partial charge < -0.3 is 10.0 Å². The second-order valence-electron chi connectivity index (χ2n) is 2.11. The van der Waals surface area contributed by atoms with Gasteiger partial charge in [-0.2, -0.15) is 0 Å². The van der Waals surface area contributed by atoms with Gasteiger partial charge in [-0.15, -0.1) is 0 Å². The van der Waals surface area contributed by atoms with Crippen LogP contribution in [-0.4, -0.2) is 17.2 Å². The first kappa shape index (κ1) is 5.20. The Bertz CT molecular complexity index is 340. The van der Waals surface area contributed by atoms with E-state index in [0.29, 0.717) is 0 Å². The smallest absolute Gasteiger partial charge is 0.423 e. The molecule has 2 N–H and O–H groups in total. The molecule has 0 unspecified atom stereocenters. The third kappa shape index (κ3) is 1.96. The largest absolute Gasteiger partial charge is 0.488 e. The fraction of sp³-hybridized carbons (Fsp3) is 0.143. The maximum atomic E-state index is 8.92. The summed E-state index contributed by atoms with van der Waals surface area (Å²) in [5, 5.41) is 18.1. The van der Waals surface area contributed by atoms with Crippen molar-refractivity contribution in [3.8, 4) is 0 Å². The van der Waals surface area contributed by atoms with Crippen molar-refractivity contribution in [1.29, 1.82) is 0 Å². The molecule has 0 radical (unpaired) electrons. The lowest BCUT2D eigenvalue weighted by molar-refractivity contribution is 0.425. The lowest BCUT2D eigenvalue weighted by Gasteiger charge is -2.03. The highest BCUT2D eigenvalue weighted by Gasteiger charge is 2.12. The van der Waals surface area contributed by atoms with Crippen molar-refractivity contribution in [3.63, 3.8) is 0 Å². The third-order valence-electron chi connectivity index (χ3n) is 1.29. The van der Waals surface area contributed by atoms with Gasteiger partial charge in [-0.25, -0.2) is 0 Å². The minimum atomic E-state index is -2.40. The van der Waals surface area contributed by atoms with Gasteiger partial charge >= 0.3 is 7.12 Å². The highest BCUT2D eigenvalue weighted by atomic mass is 35.5. The van der Waals surface area contributed by atoms with E-state index in [9.17, 15) is 0 Å². The van der Waals surface area contributed by atoms with E-state index in [1.54, 1.807) is 0 Å². The molecule has 11 heavy (non-hydrogen) atoms. The normalized spacial score (nSPS) is 15.0. The summed E-state index contributed by atoms with van der Waals surface area (Å²) in [6.45, 7) is -2.40. The van der Waals surface area contributed by atoms with Gasteiger partial charge in [0.25, 0.3) is 0 Å². The molecule has 0 aliphatic rings. The van der Waals surface area contributed by atoms with E-state index in [-0.39, 0.29) is 16.0 Å². The van der Waals surface area contributed by atoms with Crippen LogP contribution in [0.2, 0.25) is 5.02 Å². The average Bonchev–Trinajstić information content (AvgIpc) is 2.01. The highest BCUT2D eigenvalue weighted by molar-refractivity contribution is 6.59. The van der Waals surface area contributed by atoms with E-state index in [0.717, 1.165) is 0 Å². The first-order chi connectivity index (χ1) is 6.32. The fourth-order valence-corrected chi connectivity index (χ4v) is 0.926. The van der Waals surface area contributed by atoms with Gasteiger partial charge in [0, 0.05) is 9.13 Å². The summed E-state index contributed by atoms with van der Waals surface area (Å²) in [4.78, 5) is 0. The van der Waals surface area contributed by atoms with Crippen LogP contribution in [0.3, 0.4) is 0 Å². The summed E-state index contributed by atoms with van der Waals surface area (Å²) in [6.07, 6.45) is 0. The first-order valence-corrected chi connectivity index (χ1v) is 3.36. The average molecular weight is 173 g/mol. The molecule has 0 aromatic heterocycles. The molecular formula is C7H8BClO2. The standard InChI is InChI=1S/C7H8BClO2/c1-5-4-6(9)2-3-7(5)8(10)11/h2-4,10-11H,1H3/i1D3. The zero-order valence-electron chi connectivity index (χ0n) is 8.58. The summed E-state index contributed by atoms with van der Waals surface area (Å²) < 4.78 is 21.5. The van der Waals surface area contributed by atoms with Crippen LogP contribution in [0.25, 0.3) is 0 Å². The predicted octanol–water partition coefficient (Wildman–Crippen LogP) is 0.328. The van der Waals surface area contributed by atoms with Crippen molar-refractivity contribution in [2.75, 3.05) is 0 Å². The van der Waals surface area contributed by atoms with Crippen molar-refractivity contribution < 1.29 is 14.2 Å². The van der Waals surface area contributed by atoms with Crippen molar-refractivity contribution in [2.45, 2.75) is 6.85 Å². The molecule has 58 valence electrons. The number of hydrogen-bond acceptors (Lipinski definition) is 2. The predicted molar refractivity (Wildman–Crippen MR) is 46.0 cm³/mol. The van der Waals surface area contributed by atoms with Crippen molar-refractivity contribution >= 4 is 24.2 Å². The van der Waals surface area contributed by atoms with Gasteiger partial charge in [-0.3, -0.25) is 0 Å². The number of halogens is 1. The van der Waals surface area contributed by atoms with Gasteiger partial charge in [-0.1, -0.05) is 17.7 Å². The molecular weight excluding hydrogens is 162 g/mol. The summed E-state index contributed by atoms with van der Waals surface area (Å²) in [5.41, 5.74) is -0.186. The van der Waals surface area contributed by atoms with E-state index >= 15 is 0 Å². The summed E-state index contributed by atoms with van der Waals surface area (Å²) in [6, 6.07) is 3.91. The van der Waals surface area contributed by atoms with Crippen molar-refractivity contribution in [1.82, 2.24) is 0 Å². The SMILES string of the molecule is [2H]C([2H])([2H])c1cc(Cl)ccc1B(O)O. The number of aryl methyl sites for hydroxylation is 1. The fourth-order valence-electron chi connectivity index (χ4n) is 0.754. The Kier molecular flexibility index (Phi) is 1.54. The summed E-state index contributed by atoms with van der Waals surface area (Å²) >= 11 is 5.61. The maximum absolute atomic E-state index is 8.92. The minimum Gasteiger partial charge on any atom is -0.423 e. The molecule has 0 spiro atoms. The quantitative estimate of drug-likeness (QED) is 0.601. The van der Waals surface area contributed by atoms with Crippen LogP contribution in [0.4, 0.5) is 0 Å². The molecule has 4 heteroatoms. The van der Waals surface area contributed by atoms with Gasteiger partial charge in [0.15, 0.2) is 0 Å². The van der Waals surface area contributed by atoms with Crippen molar-refractivity contribution in [3.05, 3.63) is 28.8 Å². The molecule has 2 nitrogen and oxygen atoms in total. The molecule has 0 atom stereocenters. The number of benzene rings is 1. The van der Waals surface area contributed by atoms with Crippen LogP contribution in [-0.2, 0) is 0 Å². The molecule has 0 aliphatic heterocycles. The lowest BCUT2D eigenvalue weighted by Crippen LogP contribution is -2.31. The molecule has 0 amide bonds. The van der Waals surface area contributed by atoms with E-state index < -0.39 is 14.0 Å². The van der Waals surface area contributed by atoms with Crippen molar-refractivity contribution in [2.24, 2.45) is 0 Å². The second-order valence-corrected chi connectivity index (χ2v) is 2.54. The van der Waals surface area contributed by atoms with Gasteiger partial charge in [0.2, 0.25) is 0 Å². The van der Waals surface area contributed by atoms with Crippen LogP contribution >= 0.6 is 11.6 Å². The van der Waals surface area contributed by atoms with E-state index in [1.165, 1.54) is 18.2 Å². The zero-order chi connectivity index (χ0) is 10.9. The van der Waals surface area contributed by atoms with Crippen LogP contribution in [0, 0.1) is 6.85 Å². The summed E-state index contributed by atoms with van der Waals surface area (Å²) in [5.74, 6) is 0.